The number of ether oxygens (including phenoxy) is 2. The number of rotatable bonds is 12. The van der Waals surface area contributed by atoms with Crippen molar-refractivity contribution in [2.45, 2.75) is 51.4 Å². The van der Waals surface area contributed by atoms with E-state index in [0.717, 1.165) is 52.9 Å². The van der Waals surface area contributed by atoms with Crippen molar-refractivity contribution in [3.05, 3.63) is 42.5 Å². The number of carboxylic acids is 1. The number of carbonyl (C=O) groups excluding carboxylic acids is 1. The van der Waals surface area contributed by atoms with E-state index in [4.69, 9.17) is 14.6 Å². The van der Waals surface area contributed by atoms with Crippen LogP contribution in [0.2, 0.25) is 0 Å². The summed E-state index contributed by atoms with van der Waals surface area (Å²) >= 11 is 1.55. The molecule has 0 bridgehead atoms. The Labute approximate surface area is 185 Å². The van der Waals surface area contributed by atoms with Gasteiger partial charge in [0.25, 0.3) is 0 Å². The molecule has 0 fully saturated rings. The van der Waals surface area contributed by atoms with Crippen LogP contribution in [0, 0.1) is 0 Å². The summed E-state index contributed by atoms with van der Waals surface area (Å²) in [5.41, 5.74) is 1.65. The fraction of sp³-hybridized carbons (Fsp3) is 0.375. The number of hydrogen-bond acceptors (Lipinski definition) is 6. The van der Waals surface area contributed by atoms with Crippen LogP contribution in [0.3, 0.4) is 0 Å². The Kier molecular flexibility index (Phi) is 8.41. The normalized spacial score (nSPS) is 10.9. The molecule has 164 valence electrons. The van der Waals surface area contributed by atoms with E-state index in [2.05, 4.69) is 4.98 Å². The number of unbranched alkanes of at least 4 members (excludes halogenated alkanes) is 5. The summed E-state index contributed by atoms with van der Waals surface area (Å²) in [6.45, 7) is 0. The van der Waals surface area contributed by atoms with Crippen molar-refractivity contribution in [3.8, 4) is 22.1 Å². The number of esters is 1. The first-order valence-electron chi connectivity index (χ1n) is 10.5. The van der Waals surface area contributed by atoms with Crippen molar-refractivity contribution in [1.82, 2.24) is 4.98 Å². The van der Waals surface area contributed by atoms with Crippen LogP contribution in [0.5, 0.6) is 11.5 Å². The second-order valence-electron chi connectivity index (χ2n) is 7.34. The number of fused-ring (bicyclic) bond motifs is 1. The zero-order valence-corrected chi connectivity index (χ0v) is 18.5. The van der Waals surface area contributed by atoms with Gasteiger partial charge in [-0.15, -0.1) is 11.3 Å². The molecular weight excluding hydrogens is 414 g/mol. The number of nitrogens with zero attached hydrogens (tertiary/aromatic N) is 1. The van der Waals surface area contributed by atoms with Crippen molar-refractivity contribution >= 4 is 33.5 Å². The number of methoxy groups -OCH3 is 1. The van der Waals surface area contributed by atoms with E-state index in [1.165, 1.54) is 0 Å². The lowest BCUT2D eigenvalue weighted by Gasteiger charge is -2.10. The minimum Gasteiger partial charge on any atom is -0.497 e. The molecule has 1 heterocycles. The molecule has 3 rings (SSSR count). The topological polar surface area (TPSA) is 85.7 Å². The average Bonchev–Trinajstić information content (AvgIpc) is 3.19. The van der Waals surface area contributed by atoms with E-state index in [1.807, 2.05) is 30.3 Å². The Morgan fingerprint density at radius 1 is 0.968 bits per heavy atom. The molecule has 0 unspecified atom stereocenters. The van der Waals surface area contributed by atoms with Gasteiger partial charge < -0.3 is 14.6 Å². The lowest BCUT2D eigenvalue weighted by atomic mass is 10.1. The summed E-state index contributed by atoms with van der Waals surface area (Å²) in [5.74, 6) is 0.153. The Balaban J connectivity index is 1.56. The van der Waals surface area contributed by atoms with Gasteiger partial charge in [-0.3, -0.25) is 9.59 Å². The molecule has 0 radical (unpaired) electrons. The number of thiazole rings is 1. The number of carboxylic acid groups (broad SMARTS) is 1. The first-order chi connectivity index (χ1) is 15.1. The highest BCUT2D eigenvalue weighted by Gasteiger charge is 2.16. The quantitative estimate of drug-likeness (QED) is 0.208. The molecule has 7 heteroatoms. The fourth-order valence-electron chi connectivity index (χ4n) is 3.31. The van der Waals surface area contributed by atoms with E-state index < -0.39 is 5.97 Å². The zero-order chi connectivity index (χ0) is 22.1. The lowest BCUT2D eigenvalue weighted by molar-refractivity contribution is -0.137. The molecule has 0 aliphatic heterocycles. The van der Waals surface area contributed by atoms with Crippen LogP contribution in [0.1, 0.15) is 51.4 Å². The molecule has 0 spiro atoms. The molecule has 6 nitrogen and oxygen atoms in total. The van der Waals surface area contributed by atoms with E-state index in [-0.39, 0.29) is 12.4 Å². The number of para-hydroxylation sites is 1. The maximum absolute atomic E-state index is 12.4. The lowest BCUT2D eigenvalue weighted by Crippen LogP contribution is -2.08. The number of carbonyl (C=O) groups is 2. The van der Waals surface area contributed by atoms with Gasteiger partial charge in [0, 0.05) is 12.8 Å². The minimum absolute atomic E-state index is 0.227. The average molecular weight is 442 g/mol. The third kappa shape index (κ3) is 6.79. The van der Waals surface area contributed by atoms with Crippen LogP contribution >= 0.6 is 11.3 Å². The van der Waals surface area contributed by atoms with E-state index in [1.54, 1.807) is 30.6 Å². The molecular formula is C24H27NO5S. The summed E-state index contributed by atoms with van der Waals surface area (Å²) in [6, 6.07) is 13.3. The van der Waals surface area contributed by atoms with E-state index in [9.17, 15) is 9.59 Å². The highest BCUT2D eigenvalue weighted by Crippen LogP contribution is 2.38. The zero-order valence-electron chi connectivity index (χ0n) is 17.6. The van der Waals surface area contributed by atoms with Gasteiger partial charge in [0.1, 0.15) is 16.5 Å². The molecule has 0 atom stereocenters. The minimum atomic E-state index is -0.744. The van der Waals surface area contributed by atoms with Gasteiger partial charge in [0.15, 0.2) is 0 Å². The molecule has 31 heavy (non-hydrogen) atoms. The van der Waals surface area contributed by atoms with Gasteiger partial charge in [0.05, 0.1) is 22.9 Å². The highest BCUT2D eigenvalue weighted by molar-refractivity contribution is 7.21. The summed E-state index contributed by atoms with van der Waals surface area (Å²) in [4.78, 5) is 27.6. The number of benzene rings is 2. The third-order valence-corrected chi connectivity index (χ3v) is 6.03. The monoisotopic (exact) mass is 441 g/mol. The van der Waals surface area contributed by atoms with Crippen LogP contribution in [0.25, 0.3) is 20.8 Å². The van der Waals surface area contributed by atoms with Crippen molar-refractivity contribution < 1.29 is 24.2 Å². The predicted octanol–water partition coefficient (Wildman–Crippen LogP) is 6.08. The third-order valence-electron chi connectivity index (χ3n) is 4.96. The first-order valence-corrected chi connectivity index (χ1v) is 11.3. The van der Waals surface area contributed by atoms with Gasteiger partial charge in [0.2, 0.25) is 0 Å². The smallest absolute Gasteiger partial charge is 0.311 e. The molecule has 1 aromatic heterocycles. The second kappa shape index (κ2) is 11.5. The van der Waals surface area contributed by atoms with Crippen LogP contribution in [0.4, 0.5) is 0 Å². The van der Waals surface area contributed by atoms with E-state index >= 15 is 0 Å². The molecule has 0 saturated heterocycles. The first kappa shape index (κ1) is 22.7. The largest absolute Gasteiger partial charge is 0.497 e. The summed E-state index contributed by atoms with van der Waals surface area (Å²) in [5, 5.41) is 9.41. The number of hydrogen-bond donors (Lipinski definition) is 1. The summed E-state index contributed by atoms with van der Waals surface area (Å²) in [6.07, 6.45) is 5.86. The molecule has 0 aliphatic rings. The van der Waals surface area contributed by atoms with E-state index in [0.29, 0.717) is 24.3 Å². The fourth-order valence-corrected chi connectivity index (χ4v) is 4.29. The molecule has 0 amide bonds. The Hall–Kier alpha value is -2.93. The summed E-state index contributed by atoms with van der Waals surface area (Å²) < 4.78 is 12.1. The van der Waals surface area contributed by atoms with Crippen LogP contribution < -0.4 is 9.47 Å². The predicted molar refractivity (Wildman–Crippen MR) is 122 cm³/mol. The van der Waals surface area contributed by atoms with Crippen molar-refractivity contribution in [2.75, 3.05) is 7.11 Å². The maximum atomic E-state index is 12.4. The molecule has 0 aliphatic carbocycles. The van der Waals surface area contributed by atoms with Crippen LogP contribution in [0.15, 0.2) is 42.5 Å². The molecule has 0 saturated carbocycles. The van der Waals surface area contributed by atoms with Gasteiger partial charge in [-0.05, 0) is 43.2 Å². The van der Waals surface area contributed by atoms with Gasteiger partial charge >= 0.3 is 11.9 Å². The second-order valence-corrected chi connectivity index (χ2v) is 8.37. The standard InChI is InChI=1S/C24H27NO5S/c1-29-17-14-15-20(18(16-17)24-25-19-10-8-9-11-21(19)31-24)30-23(28)13-7-5-3-2-4-6-12-22(26)27/h8-11,14-16H,2-7,12-13H2,1H3,(H,26,27). The van der Waals surface area contributed by atoms with Gasteiger partial charge in [-0.1, -0.05) is 37.8 Å². The van der Waals surface area contributed by atoms with Gasteiger partial charge in [-0.2, -0.15) is 0 Å². The SMILES string of the molecule is COc1ccc(OC(=O)CCCCCCCCC(=O)O)c(-c2nc3ccccc3s2)c1. The highest BCUT2D eigenvalue weighted by atomic mass is 32.1. The summed E-state index contributed by atoms with van der Waals surface area (Å²) in [7, 11) is 1.60. The number of aromatic nitrogens is 1. The van der Waals surface area contributed by atoms with Crippen LogP contribution in [-0.4, -0.2) is 29.1 Å². The van der Waals surface area contributed by atoms with Gasteiger partial charge in [-0.25, -0.2) is 4.98 Å². The Morgan fingerprint density at radius 3 is 2.39 bits per heavy atom. The molecule has 2 aromatic carbocycles. The van der Waals surface area contributed by atoms with Crippen molar-refractivity contribution in [1.29, 1.82) is 0 Å². The van der Waals surface area contributed by atoms with Crippen LogP contribution in [-0.2, 0) is 9.59 Å². The maximum Gasteiger partial charge on any atom is 0.311 e. The molecule has 3 aromatic rings. The Morgan fingerprint density at radius 2 is 1.68 bits per heavy atom. The van der Waals surface area contributed by atoms with Crippen molar-refractivity contribution in [3.63, 3.8) is 0 Å². The van der Waals surface area contributed by atoms with Crippen molar-refractivity contribution in [2.24, 2.45) is 0 Å². The number of aliphatic carboxylic acids is 1. The molecule has 1 N–H and O–H groups in total. The Bertz CT molecular complexity index is 997.